The van der Waals surface area contributed by atoms with Crippen LogP contribution in [0, 0.1) is 5.92 Å². The van der Waals surface area contributed by atoms with Gasteiger partial charge in [0.05, 0.1) is 0 Å². The molecule has 0 amide bonds. The molecule has 1 aliphatic carbocycles. The third kappa shape index (κ3) is 3.01. The van der Waals surface area contributed by atoms with Gasteiger partial charge in [-0.15, -0.1) is 0 Å². The molecular weight excluding hydrogens is 238 g/mol. The minimum atomic E-state index is 0.481. The Morgan fingerprint density at radius 3 is 2.79 bits per heavy atom. The molecule has 4 heteroatoms. The van der Waals surface area contributed by atoms with Crippen molar-refractivity contribution in [3.05, 3.63) is 36.2 Å². The fourth-order valence-electron chi connectivity index (χ4n) is 2.40. The van der Waals surface area contributed by atoms with Crippen LogP contribution in [0.5, 0.6) is 0 Å². The van der Waals surface area contributed by atoms with E-state index >= 15 is 0 Å². The summed E-state index contributed by atoms with van der Waals surface area (Å²) in [6.45, 7) is 3.12. The normalized spacial score (nSPS) is 16.5. The summed E-state index contributed by atoms with van der Waals surface area (Å²) in [6, 6.07) is 10.4. The largest absolute Gasteiger partial charge is 0.339 e. The lowest BCUT2D eigenvalue weighted by Crippen LogP contribution is -2.33. The third-order valence-electron chi connectivity index (χ3n) is 3.55. The molecule has 3 rings (SSSR count). The van der Waals surface area contributed by atoms with E-state index in [1.54, 1.807) is 0 Å². The number of aromatic nitrogens is 2. The van der Waals surface area contributed by atoms with Crippen LogP contribution in [0.2, 0.25) is 0 Å². The summed E-state index contributed by atoms with van der Waals surface area (Å²) in [5, 5.41) is 7.58. The number of hydrogen-bond acceptors (Lipinski definition) is 4. The zero-order valence-electron chi connectivity index (χ0n) is 11.2. The van der Waals surface area contributed by atoms with Crippen LogP contribution in [0.15, 0.2) is 34.9 Å². The molecule has 1 atom stereocenters. The highest BCUT2D eigenvalue weighted by Crippen LogP contribution is 2.34. The molecule has 2 aromatic rings. The van der Waals surface area contributed by atoms with Gasteiger partial charge in [-0.25, -0.2) is 0 Å². The van der Waals surface area contributed by atoms with Crippen LogP contribution in [0.25, 0.3) is 11.4 Å². The highest BCUT2D eigenvalue weighted by molar-refractivity contribution is 5.53. The summed E-state index contributed by atoms with van der Waals surface area (Å²) in [6.07, 6.45) is 3.47. The van der Waals surface area contributed by atoms with Crippen LogP contribution < -0.4 is 5.32 Å². The average molecular weight is 257 g/mol. The Morgan fingerprint density at radius 2 is 2.11 bits per heavy atom. The predicted molar refractivity (Wildman–Crippen MR) is 73.6 cm³/mol. The van der Waals surface area contributed by atoms with Gasteiger partial charge < -0.3 is 9.84 Å². The van der Waals surface area contributed by atoms with E-state index in [4.69, 9.17) is 4.52 Å². The third-order valence-corrected chi connectivity index (χ3v) is 3.55. The molecule has 1 fully saturated rings. The van der Waals surface area contributed by atoms with Crippen LogP contribution in [0.1, 0.15) is 25.7 Å². The summed E-state index contributed by atoms with van der Waals surface area (Å²) >= 11 is 0. The molecule has 100 valence electrons. The van der Waals surface area contributed by atoms with E-state index in [-0.39, 0.29) is 0 Å². The van der Waals surface area contributed by atoms with Crippen LogP contribution in [0.3, 0.4) is 0 Å². The fraction of sp³-hybridized carbons (Fsp3) is 0.467. The van der Waals surface area contributed by atoms with Gasteiger partial charge in [-0.1, -0.05) is 42.4 Å². The van der Waals surface area contributed by atoms with E-state index in [0.717, 1.165) is 30.3 Å². The lowest BCUT2D eigenvalue weighted by molar-refractivity contribution is 0.348. The molecule has 0 saturated heterocycles. The Labute approximate surface area is 113 Å². The van der Waals surface area contributed by atoms with Crippen molar-refractivity contribution in [1.29, 1.82) is 0 Å². The van der Waals surface area contributed by atoms with Gasteiger partial charge in [0.1, 0.15) is 0 Å². The van der Waals surface area contributed by atoms with Gasteiger partial charge in [-0.3, -0.25) is 0 Å². The fourth-order valence-corrected chi connectivity index (χ4v) is 2.40. The van der Waals surface area contributed by atoms with Gasteiger partial charge in [-0.05, 0) is 25.3 Å². The molecular formula is C15H19N3O. The maximum atomic E-state index is 5.37. The van der Waals surface area contributed by atoms with Crippen LogP contribution in [-0.2, 0) is 6.42 Å². The topological polar surface area (TPSA) is 51.0 Å². The molecule has 4 nitrogen and oxygen atoms in total. The minimum Gasteiger partial charge on any atom is -0.339 e. The standard InChI is InChI=1S/C15H19N3O/c1-2-16-13(11-8-9-11)10-14-17-15(18-19-14)12-6-4-3-5-7-12/h3-7,11,13,16H,2,8-10H2,1H3. The first-order valence-corrected chi connectivity index (χ1v) is 6.98. The molecule has 1 aromatic carbocycles. The molecule has 0 aliphatic heterocycles. The number of nitrogens with zero attached hydrogens (tertiary/aromatic N) is 2. The highest BCUT2D eigenvalue weighted by atomic mass is 16.5. The van der Waals surface area contributed by atoms with E-state index in [0.29, 0.717) is 11.9 Å². The molecule has 1 heterocycles. The zero-order chi connectivity index (χ0) is 13.1. The van der Waals surface area contributed by atoms with Gasteiger partial charge in [0, 0.05) is 18.0 Å². The molecule has 1 aromatic heterocycles. The van der Waals surface area contributed by atoms with Crippen molar-refractivity contribution >= 4 is 0 Å². The maximum absolute atomic E-state index is 5.37. The van der Waals surface area contributed by atoms with Crippen molar-refractivity contribution in [2.75, 3.05) is 6.54 Å². The van der Waals surface area contributed by atoms with Crippen LogP contribution in [-0.4, -0.2) is 22.7 Å². The molecule has 0 bridgehead atoms. The predicted octanol–water partition coefficient (Wildman–Crippen LogP) is 2.67. The number of benzene rings is 1. The van der Waals surface area contributed by atoms with E-state index in [2.05, 4.69) is 22.4 Å². The van der Waals surface area contributed by atoms with Crippen molar-refractivity contribution in [2.45, 2.75) is 32.2 Å². The highest BCUT2D eigenvalue weighted by Gasteiger charge is 2.31. The lowest BCUT2D eigenvalue weighted by atomic mass is 10.1. The van der Waals surface area contributed by atoms with Crippen molar-refractivity contribution < 1.29 is 4.52 Å². The first-order chi connectivity index (χ1) is 9.36. The number of likely N-dealkylation sites (N-methyl/N-ethyl adjacent to an activating group) is 1. The Morgan fingerprint density at radius 1 is 1.32 bits per heavy atom. The van der Waals surface area contributed by atoms with Gasteiger partial charge in [-0.2, -0.15) is 4.98 Å². The molecule has 1 saturated carbocycles. The lowest BCUT2D eigenvalue weighted by Gasteiger charge is -2.14. The summed E-state index contributed by atoms with van der Waals surface area (Å²) in [5.74, 6) is 2.20. The second-order valence-corrected chi connectivity index (χ2v) is 5.08. The van der Waals surface area contributed by atoms with Crippen LogP contribution in [0.4, 0.5) is 0 Å². The van der Waals surface area contributed by atoms with E-state index in [1.165, 1.54) is 12.8 Å². The summed E-state index contributed by atoms with van der Waals surface area (Å²) < 4.78 is 5.37. The minimum absolute atomic E-state index is 0.481. The van der Waals surface area contributed by atoms with Gasteiger partial charge in [0.2, 0.25) is 11.7 Å². The molecule has 19 heavy (non-hydrogen) atoms. The van der Waals surface area contributed by atoms with Gasteiger partial charge >= 0.3 is 0 Å². The second kappa shape index (κ2) is 5.53. The maximum Gasteiger partial charge on any atom is 0.228 e. The first-order valence-electron chi connectivity index (χ1n) is 6.98. The molecule has 1 N–H and O–H groups in total. The van der Waals surface area contributed by atoms with Crippen molar-refractivity contribution in [1.82, 2.24) is 15.5 Å². The zero-order valence-corrected chi connectivity index (χ0v) is 11.2. The second-order valence-electron chi connectivity index (χ2n) is 5.08. The summed E-state index contributed by atoms with van der Waals surface area (Å²) in [5.41, 5.74) is 1.00. The number of nitrogens with one attached hydrogen (secondary N) is 1. The van der Waals surface area contributed by atoms with E-state index in [1.807, 2.05) is 30.3 Å². The van der Waals surface area contributed by atoms with E-state index in [9.17, 15) is 0 Å². The van der Waals surface area contributed by atoms with Crippen LogP contribution >= 0.6 is 0 Å². The molecule has 1 aliphatic rings. The Bertz CT molecular complexity index is 519. The molecule has 0 radical (unpaired) electrons. The quantitative estimate of drug-likeness (QED) is 0.864. The Kier molecular flexibility index (Phi) is 3.60. The van der Waals surface area contributed by atoms with Gasteiger partial charge in [0.25, 0.3) is 0 Å². The summed E-state index contributed by atoms with van der Waals surface area (Å²) in [4.78, 5) is 4.49. The van der Waals surface area contributed by atoms with Crippen molar-refractivity contribution in [3.8, 4) is 11.4 Å². The smallest absolute Gasteiger partial charge is 0.228 e. The molecule has 0 spiro atoms. The van der Waals surface area contributed by atoms with Gasteiger partial charge in [0.15, 0.2) is 0 Å². The number of rotatable bonds is 6. The van der Waals surface area contributed by atoms with Crippen molar-refractivity contribution in [2.24, 2.45) is 5.92 Å². The summed E-state index contributed by atoms with van der Waals surface area (Å²) in [7, 11) is 0. The Balaban J connectivity index is 1.70. The average Bonchev–Trinajstić information content (AvgIpc) is 3.19. The SMILES string of the molecule is CCNC(Cc1nc(-c2ccccc2)no1)C1CC1. The van der Waals surface area contributed by atoms with Crippen molar-refractivity contribution in [3.63, 3.8) is 0 Å². The van der Waals surface area contributed by atoms with E-state index < -0.39 is 0 Å². The molecule has 1 unspecified atom stereocenters. The monoisotopic (exact) mass is 257 g/mol. The first kappa shape index (κ1) is 12.4. The Hall–Kier alpha value is -1.68. The number of hydrogen-bond donors (Lipinski definition) is 1.